The molecule has 0 aromatic heterocycles. The Morgan fingerprint density at radius 2 is 2.04 bits per heavy atom. The molecule has 0 spiro atoms. The zero-order valence-corrected chi connectivity index (χ0v) is 15.3. The summed E-state index contributed by atoms with van der Waals surface area (Å²) in [6.45, 7) is 5.78. The van der Waals surface area contributed by atoms with Gasteiger partial charge in [0.2, 0.25) is 0 Å². The van der Waals surface area contributed by atoms with Crippen LogP contribution in [-0.4, -0.2) is 45.9 Å². The zero-order valence-electron chi connectivity index (χ0n) is 15.3. The third kappa shape index (κ3) is 7.84. The molecule has 0 amide bonds. The second-order valence-electron chi connectivity index (χ2n) is 6.29. The van der Waals surface area contributed by atoms with Crippen LogP contribution in [0.15, 0.2) is 29.3 Å². The summed E-state index contributed by atoms with van der Waals surface area (Å²) >= 11 is 0. The lowest BCUT2D eigenvalue weighted by atomic mass is 10.1. The van der Waals surface area contributed by atoms with Crippen LogP contribution < -0.4 is 10.6 Å². The van der Waals surface area contributed by atoms with Crippen molar-refractivity contribution < 1.29 is 13.9 Å². The van der Waals surface area contributed by atoms with E-state index in [1.165, 1.54) is 25.0 Å². The largest absolute Gasteiger partial charge is 0.381 e. The van der Waals surface area contributed by atoms with Crippen molar-refractivity contribution in [3.8, 4) is 0 Å². The van der Waals surface area contributed by atoms with Gasteiger partial charge >= 0.3 is 0 Å². The van der Waals surface area contributed by atoms with Crippen LogP contribution in [0.5, 0.6) is 0 Å². The molecule has 0 radical (unpaired) electrons. The van der Waals surface area contributed by atoms with Crippen LogP contribution in [0, 0.1) is 11.7 Å². The van der Waals surface area contributed by atoms with Crippen molar-refractivity contribution in [2.75, 3.05) is 40.0 Å². The van der Waals surface area contributed by atoms with Gasteiger partial charge in [-0.05, 0) is 49.8 Å². The summed E-state index contributed by atoms with van der Waals surface area (Å²) in [4.78, 5) is 4.57. The topological polar surface area (TPSA) is 54.9 Å². The number of hydrogen-bond acceptors (Lipinski definition) is 3. The molecule has 0 aliphatic heterocycles. The monoisotopic (exact) mass is 351 g/mol. The van der Waals surface area contributed by atoms with Crippen molar-refractivity contribution in [3.05, 3.63) is 35.6 Å². The van der Waals surface area contributed by atoms with E-state index in [1.54, 1.807) is 19.2 Å². The Bertz CT molecular complexity index is 518. The molecule has 0 bridgehead atoms. The van der Waals surface area contributed by atoms with Crippen LogP contribution in [0.4, 0.5) is 4.39 Å². The predicted octanol–water partition coefficient (Wildman–Crippen LogP) is 2.89. The van der Waals surface area contributed by atoms with E-state index in [-0.39, 0.29) is 11.9 Å². The van der Waals surface area contributed by atoms with E-state index in [1.807, 2.05) is 6.92 Å². The Morgan fingerprint density at radius 3 is 2.68 bits per heavy atom. The minimum Gasteiger partial charge on any atom is -0.381 e. The molecule has 5 nitrogen and oxygen atoms in total. The maximum atomic E-state index is 13.0. The van der Waals surface area contributed by atoms with Gasteiger partial charge < -0.3 is 20.1 Å². The molecule has 2 rings (SSSR count). The highest BCUT2D eigenvalue weighted by atomic mass is 19.1. The van der Waals surface area contributed by atoms with E-state index in [9.17, 15) is 4.39 Å². The third-order valence-corrected chi connectivity index (χ3v) is 4.09. The third-order valence-electron chi connectivity index (χ3n) is 4.09. The van der Waals surface area contributed by atoms with Crippen molar-refractivity contribution in [1.82, 2.24) is 10.6 Å². The SMILES string of the molecule is CCNC(=NCC(OC)c1ccc(F)cc1)NCCCOCC1CC1. The van der Waals surface area contributed by atoms with Gasteiger partial charge in [-0.15, -0.1) is 0 Å². The molecule has 1 aromatic rings. The number of hydrogen-bond donors (Lipinski definition) is 2. The number of ether oxygens (including phenoxy) is 2. The van der Waals surface area contributed by atoms with E-state index in [0.29, 0.717) is 6.54 Å². The van der Waals surface area contributed by atoms with E-state index >= 15 is 0 Å². The average molecular weight is 351 g/mol. The maximum Gasteiger partial charge on any atom is 0.191 e. The van der Waals surface area contributed by atoms with Crippen LogP contribution >= 0.6 is 0 Å². The molecule has 25 heavy (non-hydrogen) atoms. The molecule has 1 aromatic carbocycles. The molecular formula is C19H30FN3O2. The van der Waals surface area contributed by atoms with Crippen molar-refractivity contribution in [2.24, 2.45) is 10.9 Å². The average Bonchev–Trinajstić information content (AvgIpc) is 3.44. The maximum absolute atomic E-state index is 13.0. The minimum absolute atomic E-state index is 0.196. The van der Waals surface area contributed by atoms with Crippen molar-refractivity contribution in [2.45, 2.75) is 32.3 Å². The molecule has 2 N–H and O–H groups in total. The number of guanidine groups is 1. The fourth-order valence-electron chi connectivity index (χ4n) is 2.42. The lowest BCUT2D eigenvalue weighted by Crippen LogP contribution is -2.38. The summed E-state index contributed by atoms with van der Waals surface area (Å²) in [5.41, 5.74) is 0.914. The van der Waals surface area contributed by atoms with Gasteiger partial charge in [0.1, 0.15) is 11.9 Å². The standard InChI is InChI=1S/C19H30FN3O2/c1-3-21-19(22-11-4-12-25-14-15-5-6-15)23-13-18(24-2)16-7-9-17(20)10-8-16/h7-10,15,18H,3-6,11-14H2,1-2H3,(H2,21,22,23). The minimum atomic E-state index is -0.249. The van der Waals surface area contributed by atoms with Crippen molar-refractivity contribution in [3.63, 3.8) is 0 Å². The highest BCUT2D eigenvalue weighted by molar-refractivity contribution is 5.79. The van der Waals surface area contributed by atoms with Crippen LogP contribution in [0.1, 0.15) is 37.9 Å². The number of methoxy groups -OCH3 is 1. The van der Waals surface area contributed by atoms with E-state index in [0.717, 1.165) is 50.2 Å². The van der Waals surface area contributed by atoms with Crippen molar-refractivity contribution in [1.29, 1.82) is 0 Å². The summed E-state index contributed by atoms with van der Waals surface area (Å²) < 4.78 is 24.2. The number of rotatable bonds is 11. The van der Waals surface area contributed by atoms with Crippen molar-refractivity contribution >= 4 is 5.96 Å². The Morgan fingerprint density at radius 1 is 1.28 bits per heavy atom. The van der Waals surface area contributed by atoms with Crippen LogP contribution in [0.25, 0.3) is 0 Å². The molecule has 1 unspecified atom stereocenters. The zero-order chi connectivity index (χ0) is 17.9. The molecule has 0 heterocycles. The summed E-state index contributed by atoms with van der Waals surface area (Å²) in [7, 11) is 1.64. The summed E-state index contributed by atoms with van der Waals surface area (Å²) in [6.07, 6.45) is 3.40. The first-order chi connectivity index (χ1) is 12.2. The second kappa shape index (κ2) is 11.1. The van der Waals surface area contributed by atoms with Gasteiger partial charge in [-0.3, -0.25) is 4.99 Å². The number of nitrogens with one attached hydrogen (secondary N) is 2. The lowest BCUT2D eigenvalue weighted by Gasteiger charge is -2.16. The fourth-order valence-corrected chi connectivity index (χ4v) is 2.42. The molecule has 1 aliphatic rings. The molecule has 0 saturated heterocycles. The normalized spacial score (nSPS) is 15.9. The van der Waals surface area contributed by atoms with Gasteiger partial charge in [0.15, 0.2) is 5.96 Å². The quantitative estimate of drug-likeness (QED) is 0.366. The Hall–Kier alpha value is -1.66. The Labute approximate surface area is 150 Å². The van der Waals surface area contributed by atoms with Crippen LogP contribution in [0.2, 0.25) is 0 Å². The number of benzene rings is 1. The van der Waals surface area contributed by atoms with Gasteiger partial charge in [0.25, 0.3) is 0 Å². The molecule has 140 valence electrons. The highest BCUT2D eigenvalue weighted by Crippen LogP contribution is 2.28. The fraction of sp³-hybridized carbons (Fsp3) is 0.632. The first-order valence-electron chi connectivity index (χ1n) is 9.11. The summed E-state index contributed by atoms with van der Waals surface area (Å²) in [5.74, 6) is 1.32. The van der Waals surface area contributed by atoms with Gasteiger partial charge in [0, 0.05) is 33.4 Å². The second-order valence-corrected chi connectivity index (χ2v) is 6.29. The molecule has 1 saturated carbocycles. The van der Waals surface area contributed by atoms with E-state index in [2.05, 4.69) is 15.6 Å². The predicted molar refractivity (Wildman–Crippen MR) is 98.3 cm³/mol. The first-order valence-corrected chi connectivity index (χ1v) is 9.11. The molecular weight excluding hydrogens is 321 g/mol. The molecule has 1 fully saturated rings. The van der Waals surface area contributed by atoms with Gasteiger partial charge in [-0.1, -0.05) is 12.1 Å². The number of aliphatic imine (C=N–C) groups is 1. The molecule has 1 aliphatic carbocycles. The number of nitrogens with zero attached hydrogens (tertiary/aromatic N) is 1. The van der Waals surface area contributed by atoms with E-state index < -0.39 is 0 Å². The molecule has 6 heteroatoms. The highest BCUT2D eigenvalue weighted by Gasteiger charge is 2.20. The van der Waals surface area contributed by atoms with Crippen LogP contribution in [-0.2, 0) is 9.47 Å². The van der Waals surface area contributed by atoms with Gasteiger partial charge in [0.05, 0.1) is 6.54 Å². The first kappa shape index (κ1) is 19.7. The van der Waals surface area contributed by atoms with E-state index in [4.69, 9.17) is 9.47 Å². The summed E-state index contributed by atoms with van der Waals surface area (Å²) in [5, 5.41) is 6.53. The number of halogens is 1. The lowest BCUT2D eigenvalue weighted by molar-refractivity contribution is 0.110. The smallest absolute Gasteiger partial charge is 0.191 e. The Balaban J connectivity index is 1.74. The Kier molecular flexibility index (Phi) is 8.69. The van der Waals surface area contributed by atoms with Crippen LogP contribution in [0.3, 0.4) is 0 Å². The molecule has 1 atom stereocenters. The van der Waals surface area contributed by atoms with Gasteiger partial charge in [-0.25, -0.2) is 4.39 Å². The van der Waals surface area contributed by atoms with Gasteiger partial charge in [-0.2, -0.15) is 0 Å². The summed E-state index contributed by atoms with van der Waals surface area (Å²) in [6, 6.07) is 6.35.